The fourth-order valence-corrected chi connectivity index (χ4v) is 4.76. The van der Waals surface area contributed by atoms with Gasteiger partial charge in [-0.3, -0.25) is 14.7 Å². The van der Waals surface area contributed by atoms with Crippen LogP contribution in [0, 0.1) is 0 Å². The molecule has 0 saturated carbocycles. The van der Waals surface area contributed by atoms with Crippen LogP contribution in [0.5, 0.6) is 0 Å². The van der Waals surface area contributed by atoms with Crippen molar-refractivity contribution in [2.45, 2.75) is 57.2 Å². The molecule has 3 fully saturated rings. The van der Waals surface area contributed by atoms with E-state index in [1.165, 1.54) is 58.5 Å². The lowest BCUT2D eigenvalue weighted by Crippen LogP contribution is -2.65. The van der Waals surface area contributed by atoms with Crippen molar-refractivity contribution < 1.29 is 0 Å². The van der Waals surface area contributed by atoms with Crippen molar-refractivity contribution in [3.05, 3.63) is 0 Å². The predicted molar refractivity (Wildman–Crippen MR) is 83.9 cm³/mol. The molecule has 2 N–H and O–H groups in total. The van der Waals surface area contributed by atoms with Crippen LogP contribution in [0.4, 0.5) is 0 Å². The van der Waals surface area contributed by atoms with Crippen LogP contribution in [-0.2, 0) is 0 Å². The second-order valence-corrected chi connectivity index (χ2v) is 7.90. The lowest BCUT2D eigenvalue weighted by Gasteiger charge is -2.50. The normalized spacial score (nSPS) is 37.5. The smallest absolute Gasteiger partial charge is 0.0499 e. The van der Waals surface area contributed by atoms with Gasteiger partial charge in [-0.1, -0.05) is 0 Å². The van der Waals surface area contributed by atoms with Crippen molar-refractivity contribution in [1.29, 1.82) is 0 Å². The van der Waals surface area contributed by atoms with Crippen molar-refractivity contribution in [1.82, 2.24) is 14.7 Å². The summed E-state index contributed by atoms with van der Waals surface area (Å²) in [4.78, 5) is 8.06. The standard InChI is InChI=1S/C16H32N4/c1-15(2,3)19-9-11-20(12-10-19)16(13-17)6-8-18-7-4-5-14(16)18/h14H,4-13,17H2,1-3H3. The molecule has 0 radical (unpaired) electrons. The molecule has 4 nitrogen and oxygen atoms in total. The number of rotatable bonds is 2. The Kier molecular flexibility index (Phi) is 3.87. The topological polar surface area (TPSA) is 35.7 Å². The van der Waals surface area contributed by atoms with E-state index in [4.69, 9.17) is 5.73 Å². The van der Waals surface area contributed by atoms with Crippen molar-refractivity contribution in [3.63, 3.8) is 0 Å². The molecule has 0 amide bonds. The Labute approximate surface area is 124 Å². The first-order chi connectivity index (χ1) is 9.47. The average molecular weight is 280 g/mol. The average Bonchev–Trinajstić information content (AvgIpc) is 3.00. The number of nitrogens with two attached hydrogens (primary N) is 1. The largest absolute Gasteiger partial charge is 0.329 e. The lowest BCUT2D eigenvalue weighted by molar-refractivity contribution is -0.00720. The predicted octanol–water partition coefficient (Wildman–Crippen LogP) is 0.968. The highest BCUT2D eigenvalue weighted by Gasteiger charge is 2.52. The van der Waals surface area contributed by atoms with Gasteiger partial charge in [0.2, 0.25) is 0 Å². The van der Waals surface area contributed by atoms with Gasteiger partial charge in [-0.15, -0.1) is 0 Å². The molecule has 3 heterocycles. The summed E-state index contributed by atoms with van der Waals surface area (Å²) < 4.78 is 0. The highest BCUT2D eigenvalue weighted by Crippen LogP contribution is 2.40. The lowest BCUT2D eigenvalue weighted by atomic mass is 9.85. The highest BCUT2D eigenvalue weighted by molar-refractivity contribution is 5.10. The summed E-state index contributed by atoms with van der Waals surface area (Å²) in [6, 6.07) is 0.730. The molecule has 0 bridgehead atoms. The van der Waals surface area contributed by atoms with Crippen LogP contribution in [0.3, 0.4) is 0 Å². The molecule has 0 aromatic heterocycles. The third kappa shape index (κ3) is 2.31. The summed E-state index contributed by atoms with van der Waals surface area (Å²) in [6.07, 6.45) is 4.01. The van der Waals surface area contributed by atoms with Gasteiger partial charge in [0, 0.05) is 56.4 Å². The molecule has 3 aliphatic heterocycles. The van der Waals surface area contributed by atoms with Crippen LogP contribution in [0.15, 0.2) is 0 Å². The van der Waals surface area contributed by atoms with Crippen molar-refractivity contribution in [2.24, 2.45) is 5.73 Å². The molecule has 0 aliphatic carbocycles. The van der Waals surface area contributed by atoms with Crippen LogP contribution in [-0.4, -0.2) is 77.6 Å². The molecule has 20 heavy (non-hydrogen) atoms. The summed E-state index contributed by atoms with van der Waals surface area (Å²) in [5.41, 5.74) is 6.87. The second-order valence-electron chi connectivity index (χ2n) is 7.90. The molecule has 3 aliphatic rings. The van der Waals surface area contributed by atoms with E-state index in [1.807, 2.05) is 0 Å². The Bertz CT molecular complexity index is 343. The first-order valence-electron chi connectivity index (χ1n) is 8.42. The maximum atomic E-state index is 6.29. The van der Waals surface area contributed by atoms with Crippen molar-refractivity contribution in [2.75, 3.05) is 45.8 Å². The first kappa shape index (κ1) is 14.8. The van der Waals surface area contributed by atoms with E-state index >= 15 is 0 Å². The molecule has 0 aromatic rings. The summed E-state index contributed by atoms with van der Waals surface area (Å²) in [7, 11) is 0. The number of nitrogens with zero attached hydrogens (tertiary/aromatic N) is 3. The number of fused-ring (bicyclic) bond motifs is 1. The zero-order valence-electron chi connectivity index (χ0n) is 13.6. The van der Waals surface area contributed by atoms with Crippen LogP contribution in [0.1, 0.15) is 40.0 Å². The molecule has 116 valence electrons. The van der Waals surface area contributed by atoms with E-state index in [9.17, 15) is 0 Å². The van der Waals surface area contributed by atoms with Crippen LogP contribution < -0.4 is 5.73 Å². The van der Waals surface area contributed by atoms with E-state index in [-0.39, 0.29) is 5.54 Å². The van der Waals surface area contributed by atoms with Gasteiger partial charge in [0.15, 0.2) is 0 Å². The minimum atomic E-state index is 0.278. The molecule has 0 aromatic carbocycles. The van der Waals surface area contributed by atoms with Gasteiger partial charge in [0.25, 0.3) is 0 Å². The third-order valence-corrected chi connectivity index (χ3v) is 6.03. The molecule has 2 atom stereocenters. The molecular formula is C16H32N4. The quantitative estimate of drug-likeness (QED) is 0.817. The van der Waals surface area contributed by atoms with E-state index < -0.39 is 0 Å². The van der Waals surface area contributed by atoms with Gasteiger partial charge in [0.1, 0.15) is 0 Å². The monoisotopic (exact) mass is 280 g/mol. The van der Waals surface area contributed by atoms with Gasteiger partial charge in [0.05, 0.1) is 0 Å². The van der Waals surface area contributed by atoms with Crippen LogP contribution in [0.25, 0.3) is 0 Å². The van der Waals surface area contributed by atoms with Crippen molar-refractivity contribution in [3.8, 4) is 0 Å². The summed E-state index contributed by atoms with van der Waals surface area (Å²) in [5.74, 6) is 0. The Balaban J connectivity index is 1.70. The van der Waals surface area contributed by atoms with Gasteiger partial charge >= 0.3 is 0 Å². The Morgan fingerprint density at radius 2 is 1.75 bits per heavy atom. The maximum Gasteiger partial charge on any atom is 0.0499 e. The van der Waals surface area contributed by atoms with E-state index in [0.29, 0.717) is 5.54 Å². The molecule has 3 saturated heterocycles. The Morgan fingerprint density at radius 1 is 1.05 bits per heavy atom. The fraction of sp³-hybridized carbons (Fsp3) is 1.00. The van der Waals surface area contributed by atoms with Gasteiger partial charge in [-0.2, -0.15) is 0 Å². The maximum absolute atomic E-state index is 6.29. The molecule has 0 spiro atoms. The van der Waals surface area contributed by atoms with Gasteiger partial charge in [-0.25, -0.2) is 0 Å². The minimum absolute atomic E-state index is 0.278. The molecule has 3 rings (SSSR count). The highest BCUT2D eigenvalue weighted by atomic mass is 15.4. The van der Waals surface area contributed by atoms with Crippen LogP contribution in [0.2, 0.25) is 0 Å². The molecular weight excluding hydrogens is 248 g/mol. The summed E-state index contributed by atoms with van der Waals surface area (Å²) in [6.45, 7) is 15.2. The van der Waals surface area contributed by atoms with Gasteiger partial charge in [-0.05, 0) is 46.6 Å². The first-order valence-corrected chi connectivity index (χ1v) is 8.42. The van der Waals surface area contributed by atoms with E-state index in [2.05, 4.69) is 35.5 Å². The van der Waals surface area contributed by atoms with Gasteiger partial charge < -0.3 is 5.73 Å². The molecule has 4 heteroatoms. The second kappa shape index (κ2) is 5.24. The summed E-state index contributed by atoms with van der Waals surface area (Å²) >= 11 is 0. The fourth-order valence-electron chi connectivity index (χ4n) is 4.76. The van der Waals surface area contributed by atoms with E-state index in [0.717, 1.165) is 12.6 Å². The number of hydrogen-bond acceptors (Lipinski definition) is 4. The number of piperazine rings is 1. The Hall–Kier alpha value is -0.160. The summed E-state index contributed by atoms with van der Waals surface area (Å²) in [5, 5.41) is 0. The minimum Gasteiger partial charge on any atom is -0.329 e. The number of hydrogen-bond donors (Lipinski definition) is 1. The zero-order valence-corrected chi connectivity index (χ0v) is 13.6. The van der Waals surface area contributed by atoms with Crippen molar-refractivity contribution >= 4 is 0 Å². The molecule has 2 unspecified atom stereocenters. The SMILES string of the molecule is CC(C)(C)N1CCN(C2(CN)CCN3CCCC32)CC1. The Morgan fingerprint density at radius 3 is 2.35 bits per heavy atom. The van der Waals surface area contributed by atoms with Crippen LogP contribution >= 0.6 is 0 Å². The third-order valence-electron chi connectivity index (χ3n) is 6.03. The zero-order chi connectivity index (χ0) is 14.4. The van der Waals surface area contributed by atoms with E-state index in [1.54, 1.807) is 0 Å².